The molecule has 5 heteroatoms. The Labute approximate surface area is 83.1 Å². The first-order chi connectivity index (χ1) is 6.27. The Hall–Kier alpha value is -1.23. The summed E-state index contributed by atoms with van der Waals surface area (Å²) >= 11 is 3.35. The molecule has 0 aliphatic rings. The van der Waals surface area contributed by atoms with Gasteiger partial charge < -0.3 is 4.52 Å². The van der Waals surface area contributed by atoms with E-state index < -0.39 is 0 Å². The Bertz CT molecular complexity index is 427. The van der Waals surface area contributed by atoms with Gasteiger partial charge in [-0.15, -0.1) is 0 Å². The zero-order valence-corrected chi connectivity index (χ0v) is 8.45. The summed E-state index contributed by atoms with van der Waals surface area (Å²) < 4.78 is 5.93. The van der Waals surface area contributed by atoms with Crippen LogP contribution in [0.4, 0.5) is 0 Å². The average Bonchev–Trinajstić information content (AvgIpc) is 2.53. The van der Waals surface area contributed by atoms with Crippen LogP contribution >= 0.6 is 15.9 Å². The van der Waals surface area contributed by atoms with E-state index in [1.807, 2.05) is 13.0 Å². The second-order valence-corrected chi connectivity index (χ2v) is 3.44. The van der Waals surface area contributed by atoms with Crippen molar-refractivity contribution in [2.75, 3.05) is 0 Å². The van der Waals surface area contributed by atoms with Crippen molar-refractivity contribution >= 4 is 15.9 Å². The maximum Gasteiger partial charge on any atom is 0.169 e. The maximum absolute atomic E-state index is 5.08. The van der Waals surface area contributed by atoms with Crippen LogP contribution in [0.2, 0.25) is 0 Å². The molecule has 0 aliphatic heterocycles. The van der Waals surface area contributed by atoms with Crippen molar-refractivity contribution < 1.29 is 4.52 Å². The molecule has 0 saturated heterocycles. The van der Waals surface area contributed by atoms with E-state index in [9.17, 15) is 0 Å². The van der Waals surface area contributed by atoms with Gasteiger partial charge in [-0.25, -0.2) is 0 Å². The Morgan fingerprint density at radius 3 is 2.69 bits per heavy atom. The first-order valence-electron chi connectivity index (χ1n) is 3.67. The van der Waals surface area contributed by atoms with Gasteiger partial charge in [-0.1, -0.05) is 5.16 Å². The number of aryl methyl sites for hydroxylation is 1. The van der Waals surface area contributed by atoms with Crippen LogP contribution in [-0.2, 0) is 0 Å². The molecule has 13 heavy (non-hydrogen) atoms. The van der Waals surface area contributed by atoms with Crippen LogP contribution in [0.3, 0.4) is 0 Å². The predicted octanol–water partition coefficient (Wildman–Crippen LogP) is 2.20. The molecular formula is C8H6BrN3O. The Morgan fingerprint density at radius 1 is 1.31 bits per heavy atom. The van der Waals surface area contributed by atoms with E-state index in [2.05, 4.69) is 31.3 Å². The second-order valence-electron chi connectivity index (χ2n) is 2.58. The summed E-state index contributed by atoms with van der Waals surface area (Å²) in [6.07, 6.45) is 3.25. The molecule has 2 heterocycles. The smallest absolute Gasteiger partial charge is 0.169 e. The standard InChI is InChI=1S/C8H6BrN3O/c1-5-2-8(13-12-5)6-3-10-11-4-7(6)9/h2-4H,1H3. The van der Waals surface area contributed by atoms with Crippen LogP contribution in [0, 0.1) is 6.92 Å². The number of hydrogen-bond acceptors (Lipinski definition) is 4. The lowest BCUT2D eigenvalue weighted by Gasteiger charge is -1.95. The molecule has 0 atom stereocenters. The minimum absolute atomic E-state index is 0.694. The van der Waals surface area contributed by atoms with Crippen molar-refractivity contribution in [3.8, 4) is 11.3 Å². The average molecular weight is 240 g/mol. The van der Waals surface area contributed by atoms with Gasteiger partial charge >= 0.3 is 0 Å². The largest absolute Gasteiger partial charge is 0.356 e. The van der Waals surface area contributed by atoms with E-state index in [-0.39, 0.29) is 0 Å². The fourth-order valence-corrected chi connectivity index (χ4v) is 1.37. The topological polar surface area (TPSA) is 51.8 Å². The van der Waals surface area contributed by atoms with Crippen LogP contribution in [0.1, 0.15) is 5.69 Å². The summed E-state index contributed by atoms with van der Waals surface area (Å²) in [4.78, 5) is 0. The molecular weight excluding hydrogens is 234 g/mol. The lowest BCUT2D eigenvalue weighted by Crippen LogP contribution is -1.82. The fraction of sp³-hybridized carbons (Fsp3) is 0.125. The lowest BCUT2D eigenvalue weighted by molar-refractivity contribution is 0.426. The SMILES string of the molecule is Cc1cc(-c2cnncc2Br)on1. The van der Waals surface area contributed by atoms with E-state index >= 15 is 0 Å². The molecule has 0 radical (unpaired) electrons. The van der Waals surface area contributed by atoms with Gasteiger partial charge in [0.25, 0.3) is 0 Å². The minimum atomic E-state index is 0.694. The quantitative estimate of drug-likeness (QED) is 0.766. The van der Waals surface area contributed by atoms with Gasteiger partial charge in [0, 0.05) is 6.07 Å². The lowest BCUT2D eigenvalue weighted by atomic mass is 10.2. The van der Waals surface area contributed by atoms with Crippen LogP contribution < -0.4 is 0 Å². The van der Waals surface area contributed by atoms with Gasteiger partial charge in [0.1, 0.15) is 0 Å². The number of rotatable bonds is 1. The molecule has 0 unspecified atom stereocenters. The molecule has 0 spiro atoms. The fourth-order valence-electron chi connectivity index (χ4n) is 0.978. The van der Waals surface area contributed by atoms with Crippen molar-refractivity contribution in [2.45, 2.75) is 6.92 Å². The molecule has 4 nitrogen and oxygen atoms in total. The van der Waals surface area contributed by atoms with Crippen LogP contribution in [0.25, 0.3) is 11.3 Å². The van der Waals surface area contributed by atoms with Crippen LogP contribution in [0.5, 0.6) is 0 Å². The van der Waals surface area contributed by atoms with Gasteiger partial charge in [0.15, 0.2) is 5.76 Å². The first kappa shape index (κ1) is 8.37. The van der Waals surface area contributed by atoms with E-state index in [0.717, 1.165) is 15.7 Å². The summed E-state index contributed by atoms with van der Waals surface area (Å²) in [7, 11) is 0. The highest BCUT2D eigenvalue weighted by Crippen LogP contribution is 2.26. The molecule has 0 aromatic carbocycles. The third kappa shape index (κ3) is 1.60. The van der Waals surface area contributed by atoms with Crippen LogP contribution in [0.15, 0.2) is 27.5 Å². The Balaban J connectivity index is 2.52. The van der Waals surface area contributed by atoms with E-state index in [1.165, 1.54) is 0 Å². The molecule has 0 amide bonds. The Morgan fingerprint density at radius 2 is 2.08 bits per heavy atom. The molecule has 0 saturated carbocycles. The molecule has 2 rings (SSSR count). The zero-order valence-electron chi connectivity index (χ0n) is 6.86. The first-order valence-corrected chi connectivity index (χ1v) is 4.46. The molecule has 0 aliphatic carbocycles. The summed E-state index contributed by atoms with van der Waals surface area (Å²) in [5.74, 6) is 0.694. The number of nitrogens with zero attached hydrogens (tertiary/aromatic N) is 3. The van der Waals surface area contributed by atoms with E-state index in [0.29, 0.717) is 5.76 Å². The number of hydrogen-bond donors (Lipinski definition) is 0. The number of aromatic nitrogens is 3. The molecule has 0 bridgehead atoms. The van der Waals surface area contributed by atoms with Gasteiger partial charge in [-0.3, -0.25) is 0 Å². The van der Waals surface area contributed by atoms with Gasteiger partial charge in [0.2, 0.25) is 0 Å². The van der Waals surface area contributed by atoms with Gasteiger partial charge in [0.05, 0.1) is 28.1 Å². The van der Waals surface area contributed by atoms with Crippen molar-refractivity contribution in [3.63, 3.8) is 0 Å². The third-order valence-corrected chi connectivity index (χ3v) is 2.21. The zero-order chi connectivity index (χ0) is 9.26. The molecule has 2 aromatic heterocycles. The molecule has 0 fully saturated rings. The van der Waals surface area contributed by atoms with Crippen molar-refractivity contribution in [2.24, 2.45) is 0 Å². The monoisotopic (exact) mass is 239 g/mol. The maximum atomic E-state index is 5.08. The highest BCUT2D eigenvalue weighted by Gasteiger charge is 2.08. The summed E-state index contributed by atoms with van der Waals surface area (Å²) in [6, 6.07) is 1.85. The Kier molecular flexibility index (Phi) is 2.10. The molecule has 66 valence electrons. The summed E-state index contributed by atoms with van der Waals surface area (Å²) in [5, 5.41) is 11.3. The molecule has 2 aromatic rings. The summed E-state index contributed by atoms with van der Waals surface area (Å²) in [6.45, 7) is 1.87. The highest BCUT2D eigenvalue weighted by molar-refractivity contribution is 9.10. The number of halogens is 1. The minimum Gasteiger partial charge on any atom is -0.356 e. The van der Waals surface area contributed by atoms with Gasteiger partial charge in [-0.05, 0) is 22.9 Å². The highest BCUT2D eigenvalue weighted by atomic mass is 79.9. The van der Waals surface area contributed by atoms with Crippen molar-refractivity contribution in [3.05, 3.63) is 28.6 Å². The third-order valence-electron chi connectivity index (χ3n) is 1.58. The van der Waals surface area contributed by atoms with Gasteiger partial charge in [-0.2, -0.15) is 10.2 Å². The predicted molar refractivity (Wildman–Crippen MR) is 50.0 cm³/mol. The van der Waals surface area contributed by atoms with Crippen molar-refractivity contribution in [1.29, 1.82) is 0 Å². The molecule has 0 N–H and O–H groups in total. The van der Waals surface area contributed by atoms with E-state index in [4.69, 9.17) is 4.52 Å². The normalized spacial score (nSPS) is 10.3. The van der Waals surface area contributed by atoms with Crippen LogP contribution in [-0.4, -0.2) is 15.4 Å². The summed E-state index contributed by atoms with van der Waals surface area (Å²) in [5.41, 5.74) is 1.70. The second kappa shape index (κ2) is 3.26. The van der Waals surface area contributed by atoms with E-state index in [1.54, 1.807) is 12.4 Å². The van der Waals surface area contributed by atoms with Crippen molar-refractivity contribution in [1.82, 2.24) is 15.4 Å².